The summed E-state index contributed by atoms with van der Waals surface area (Å²) in [7, 11) is 8.94. The molecule has 0 atom stereocenters. The van der Waals surface area contributed by atoms with Crippen LogP contribution in [0.4, 0.5) is 0 Å². The second kappa shape index (κ2) is 13.3. The third kappa shape index (κ3) is 7.25. The Morgan fingerprint density at radius 1 is 0.629 bits per heavy atom. The van der Waals surface area contributed by atoms with Crippen molar-refractivity contribution in [2.75, 3.05) is 42.7 Å². The monoisotopic (exact) mass is 488 g/mol. The fourth-order valence-corrected chi connectivity index (χ4v) is 2.93. The molecule has 2 aromatic carbocycles. The van der Waals surface area contributed by atoms with E-state index in [0.29, 0.717) is 45.6 Å². The Morgan fingerprint density at radius 2 is 0.943 bits per heavy atom. The van der Waals surface area contributed by atoms with E-state index in [1.54, 1.807) is 24.3 Å². The lowest BCUT2D eigenvalue weighted by Crippen LogP contribution is -2.27. The molecule has 0 aliphatic rings. The van der Waals surface area contributed by atoms with Crippen LogP contribution in [0.5, 0.6) is 34.5 Å². The number of benzene rings is 2. The number of carbonyl (C=O) groups excluding carboxylic acids is 2. The summed E-state index contributed by atoms with van der Waals surface area (Å²) in [6, 6.07) is 6.62. The number of amides is 2. The van der Waals surface area contributed by atoms with E-state index in [1.165, 1.54) is 55.1 Å². The molecule has 2 N–H and O–H groups in total. The van der Waals surface area contributed by atoms with Crippen LogP contribution >= 0.6 is 0 Å². The summed E-state index contributed by atoms with van der Waals surface area (Å²) in [5.41, 5.74) is 5.71. The van der Waals surface area contributed by atoms with E-state index in [-0.39, 0.29) is 0 Å². The van der Waals surface area contributed by atoms with Crippen molar-refractivity contribution in [1.29, 1.82) is 0 Å². The van der Waals surface area contributed by atoms with Gasteiger partial charge in [0.2, 0.25) is 23.3 Å². The van der Waals surface area contributed by atoms with Gasteiger partial charge in [-0.3, -0.25) is 9.59 Å². The Morgan fingerprint density at radius 3 is 1.20 bits per heavy atom. The number of carbonyl (C=O) groups is 2. The Hall–Kier alpha value is -4.48. The molecule has 2 aromatic rings. The Labute approximate surface area is 202 Å². The third-order valence-corrected chi connectivity index (χ3v) is 4.50. The van der Waals surface area contributed by atoms with Crippen LogP contribution in [0.15, 0.2) is 34.5 Å². The van der Waals surface area contributed by atoms with Gasteiger partial charge < -0.3 is 28.4 Å². The number of hydrazone groups is 2. The first-order valence-corrected chi connectivity index (χ1v) is 10.1. The molecule has 0 spiro atoms. The maximum absolute atomic E-state index is 12.0. The van der Waals surface area contributed by atoms with Gasteiger partial charge in [0.15, 0.2) is 23.0 Å². The van der Waals surface area contributed by atoms with Crippen LogP contribution in [-0.2, 0) is 9.59 Å². The summed E-state index contributed by atoms with van der Waals surface area (Å²) < 4.78 is 31.6. The van der Waals surface area contributed by atoms with Crippen LogP contribution in [0.2, 0.25) is 0 Å². The normalized spacial score (nSPS) is 10.7. The maximum Gasteiger partial charge on any atom is 0.249 e. The van der Waals surface area contributed by atoms with Gasteiger partial charge in [0.05, 0.1) is 55.1 Å². The van der Waals surface area contributed by atoms with Crippen molar-refractivity contribution >= 4 is 24.2 Å². The van der Waals surface area contributed by atoms with Gasteiger partial charge in [-0.25, -0.2) is 10.9 Å². The molecule has 0 aliphatic carbocycles. The quantitative estimate of drug-likeness (QED) is 0.262. The van der Waals surface area contributed by atoms with Crippen molar-refractivity contribution in [2.24, 2.45) is 10.2 Å². The summed E-state index contributed by atoms with van der Waals surface area (Å²) in [5, 5.41) is 7.70. The molecule has 12 nitrogen and oxygen atoms in total. The molecular formula is C23H28N4O8. The minimum Gasteiger partial charge on any atom is -0.493 e. The van der Waals surface area contributed by atoms with E-state index in [1.807, 2.05) is 0 Å². The van der Waals surface area contributed by atoms with Crippen molar-refractivity contribution in [3.63, 3.8) is 0 Å². The van der Waals surface area contributed by atoms with Crippen molar-refractivity contribution < 1.29 is 38.0 Å². The first kappa shape index (κ1) is 26.8. The number of nitrogens with zero attached hydrogens (tertiary/aromatic N) is 2. The van der Waals surface area contributed by atoms with Gasteiger partial charge in [-0.05, 0) is 24.3 Å². The summed E-state index contributed by atoms with van der Waals surface area (Å²) in [6.07, 6.45) is 2.27. The van der Waals surface area contributed by atoms with Crippen LogP contribution in [0.1, 0.15) is 17.5 Å². The highest BCUT2D eigenvalue weighted by atomic mass is 16.5. The van der Waals surface area contributed by atoms with Gasteiger partial charge in [0, 0.05) is 11.1 Å². The van der Waals surface area contributed by atoms with E-state index in [2.05, 4.69) is 21.1 Å². The molecule has 12 heteroatoms. The number of rotatable bonds is 12. The van der Waals surface area contributed by atoms with Gasteiger partial charge in [-0.15, -0.1) is 0 Å². The fraction of sp³-hybridized carbons (Fsp3) is 0.304. The van der Waals surface area contributed by atoms with Crippen molar-refractivity contribution in [3.8, 4) is 34.5 Å². The van der Waals surface area contributed by atoms with Crippen LogP contribution in [0.3, 0.4) is 0 Å². The highest BCUT2D eigenvalue weighted by Gasteiger charge is 2.14. The van der Waals surface area contributed by atoms with E-state index >= 15 is 0 Å². The summed E-state index contributed by atoms with van der Waals surface area (Å²) >= 11 is 0. The standard InChI is InChI=1S/C23H28N4O8/c1-30-16-7-14(8-17(31-2)22(16)34-5)12-24-26-20(28)11-21(29)27-25-13-15-9-18(32-3)23(35-6)19(10-15)33-4/h7-10,12-13H,11H2,1-6H3,(H,26,28)(H,27,29)/b24-12-,25-13-. The molecule has 0 fully saturated rings. The molecular weight excluding hydrogens is 460 g/mol. The highest BCUT2D eigenvalue weighted by molar-refractivity contribution is 5.97. The highest BCUT2D eigenvalue weighted by Crippen LogP contribution is 2.38. The molecule has 0 aromatic heterocycles. The molecule has 0 saturated heterocycles. The molecule has 0 saturated carbocycles. The van der Waals surface area contributed by atoms with Crippen molar-refractivity contribution in [1.82, 2.24) is 10.9 Å². The topological polar surface area (TPSA) is 138 Å². The van der Waals surface area contributed by atoms with Gasteiger partial charge >= 0.3 is 0 Å². The summed E-state index contributed by atoms with van der Waals surface area (Å²) in [4.78, 5) is 24.0. The summed E-state index contributed by atoms with van der Waals surface area (Å²) in [5.74, 6) is 1.34. The Bertz CT molecular complexity index is 965. The molecule has 35 heavy (non-hydrogen) atoms. The number of methoxy groups -OCH3 is 6. The predicted molar refractivity (Wildman–Crippen MR) is 128 cm³/mol. The molecule has 2 amide bonds. The number of ether oxygens (including phenoxy) is 6. The van der Waals surface area contributed by atoms with Gasteiger partial charge in [-0.1, -0.05) is 0 Å². The van der Waals surface area contributed by atoms with E-state index in [4.69, 9.17) is 28.4 Å². The largest absolute Gasteiger partial charge is 0.493 e. The summed E-state index contributed by atoms with van der Waals surface area (Å²) in [6.45, 7) is 0. The minimum atomic E-state index is -0.630. The van der Waals surface area contributed by atoms with Crippen LogP contribution < -0.4 is 39.3 Å². The minimum absolute atomic E-state index is 0.430. The molecule has 2 rings (SSSR count). The van der Waals surface area contributed by atoms with E-state index < -0.39 is 18.2 Å². The van der Waals surface area contributed by atoms with E-state index in [0.717, 1.165) is 0 Å². The maximum atomic E-state index is 12.0. The molecule has 0 bridgehead atoms. The van der Waals surface area contributed by atoms with Gasteiger partial charge in [0.1, 0.15) is 6.42 Å². The smallest absolute Gasteiger partial charge is 0.249 e. The lowest BCUT2D eigenvalue weighted by Gasteiger charge is -2.12. The first-order valence-electron chi connectivity index (χ1n) is 10.1. The Balaban J connectivity index is 1.94. The first-order chi connectivity index (χ1) is 16.9. The number of hydrogen-bond donors (Lipinski definition) is 2. The number of nitrogens with one attached hydrogen (secondary N) is 2. The molecule has 0 aliphatic heterocycles. The third-order valence-electron chi connectivity index (χ3n) is 4.50. The lowest BCUT2D eigenvalue weighted by molar-refractivity contribution is -0.129. The van der Waals surface area contributed by atoms with Crippen LogP contribution in [0, 0.1) is 0 Å². The van der Waals surface area contributed by atoms with Crippen LogP contribution in [-0.4, -0.2) is 66.9 Å². The van der Waals surface area contributed by atoms with Gasteiger partial charge in [-0.2, -0.15) is 10.2 Å². The Kier molecular flexibility index (Phi) is 10.2. The van der Waals surface area contributed by atoms with E-state index in [9.17, 15) is 9.59 Å². The average molecular weight is 488 g/mol. The average Bonchev–Trinajstić information content (AvgIpc) is 2.87. The SMILES string of the molecule is COc1cc(/C=N\NC(=O)CC(=O)N/N=C\c2cc(OC)c(OC)c(OC)c2)cc(OC)c1OC. The zero-order chi connectivity index (χ0) is 25.8. The van der Waals surface area contributed by atoms with Crippen molar-refractivity contribution in [2.45, 2.75) is 6.42 Å². The van der Waals surface area contributed by atoms with Crippen LogP contribution in [0.25, 0.3) is 0 Å². The molecule has 0 heterocycles. The molecule has 0 radical (unpaired) electrons. The zero-order valence-corrected chi connectivity index (χ0v) is 20.3. The van der Waals surface area contributed by atoms with Gasteiger partial charge in [0.25, 0.3) is 0 Å². The second-order valence-corrected chi connectivity index (χ2v) is 6.68. The lowest BCUT2D eigenvalue weighted by atomic mass is 10.2. The fourth-order valence-electron chi connectivity index (χ4n) is 2.93. The molecule has 0 unspecified atom stereocenters. The second-order valence-electron chi connectivity index (χ2n) is 6.68. The number of hydrogen-bond acceptors (Lipinski definition) is 10. The van der Waals surface area contributed by atoms with Crippen molar-refractivity contribution in [3.05, 3.63) is 35.4 Å². The predicted octanol–water partition coefficient (Wildman–Crippen LogP) is 1.73. The zero-order valence-electron chi connectivity index (χ0n) is 20.3. The molecule has 188 valence electrons.